The fourth-order valence-electron chi connectivity index (χ4n) is 3.14. The maximum Gasteiger partial charge on any atom is 0.262 e. The molecule has 27 heavy (non-hydrogen) atoms. The molecule has 1 aromatic carbocycles. The summed E-state index contributed by atoms with van der Waals surface area (Å²) in [7, 11) is -0.366. The lowest BCUT2D eigenvalue weighted by atomic mass is 9.99. The predicted octanol–water partition coefficient (Wildman–Crippen LogP) is 1.15. The van der Waals surface area contributed by atoms with Crippen molar-refractivity contribution in [2.75, 3.05) is 20.2 Å². The van der Waals surface area contributed by atoms with Gasteiger partial charge < -0.3 is 14.6 Å². The van der Waals surface area contributed by atoms with Crippen LogP contribution in [0.5, 0.6) is 5.75 Å². The molecular weight excluding hydrogens is 368 g/mol. The molecular formula is C18H24N4O4S. The highest BCUT2D eigenvalue weighted by Gasteiger charge is 2.34. The number of carbonyl (C=O) groups excluding carboxylic acids is 1. The van der Waals surface area contributed by atoms with Gasteiger partial charge in [-0.25, -0.2) is 13.4 Å². The molecule has 0 bridgehead atoms. The fraction of sp³-hybridized carbons (Fsp3) is 0.444. The second kappa shape index (κ2) is 8.10. The number of aryl methyl sites for hydroxylation is 1. The van der Waals surface area contributed by atoms with Crippen LogP contribution in [0, 0.1) is 5.92 Å². The minimum atomic E-state index is -3.68. The van der Waals surface area contributed by atoms with Crippen molar-refractivity contribution in [2.24, 2.45) is 13.0 Å². The molecule has 1 aliphatic heterocycles. The molecule has 2 aromatic rings. The van der Waals surface area contributed by atoms with E-state index in [4.69, 9.17) is 4.74 Å². The molecule has 1 fully saturated rings. The average molecular weight is 392 g/mol. The van der Waals surface area contributed by atoms with Gasteiger partial charge in [-0.05, 0) is 30.5 Å². The molecule has 0 spiro atoms. The summed E-state index contributed by atoms with van der Waals surface area (Å²) in [5, 5.41) is 2.92. The van der Waals surface area contributed by atoms with Gasteiger partial charge in [0, 0.05) is 32.9 Å². The smallest absolute Gasteiger partial charge is 0.262 e. The van der Waals surface area contributed by atoms with Crippen LogP contribution in [0.15, 0.2) is 41.8 Å². The monoisotopic (exact) mass is 392 g/mol. The van der Waals surface area contributed by atoms with Gasteiger partial charge in [0.1, 0.15) is 5.75 Å². The number of imidazole rings is 1. The summed E-state index contributed by atoms with van der Waals surface area (Å²) >= 11 is 0. The third-order valence-electron chi connectivity index (χ3n) is 4.64. The van der Waals surface area contributed by atoms with Crippen molar-refractivity contribution >= 4 is 15.9 Å². The van der Waals surface area contributed by atoms with Gasteiger partial charge in [-0.15, -0.1) is 0 Å². The van der Waals surface area contributed by atoms with E-state index in [1.54, 1.807) is 18.7 Å². The Balaban J connectivity index is 1.62. The summed E-state index contributed by atoms with van der Waals surface area (Å²) in [4.78, 5) is 16.5. The van der Waals surface area contributed by atoms with Crippen LogP contribution in [-0.4, -0.2) is 48.4 Å². The summed E-state index contributed by atoms with van der Waals surface area (Å²) in [6.45, 7) is 0.945. The molecule has 3 rings (SSSR count). The zero-order valence-corrected chi connectivity index (χ0v) is 16.3. The summed E-state index contributed by atoms with van der Waals surface area (Å²) in [6.07, 6.45) is 4.23. The molecule has 1 aliphatic rings. The molecule has 0 radical (unpaired) electrons. The van der Waals surface area contributed by atoms with Gasteiger partial charge in [0.05, 0.1) is 19.4 Å². The van der Waals surface area contributed by atoms with Crippen molar-refractivity contribution in [3.05, 3.63) is 42.4 Å². The van der Waals surface area contributed by atoms with Crippen LogP contribution in [0.4, 0.5) is 0 Å². The Morgan fingerprint density at radius 1 is 1.41 bits per heavy atom. The quantitative estimate of drug-likeness (QED) is 0.796. The van der Waals surface area contributed by atoms with Crippen LogP contribution in [0.3, 0.4) is 0 Å². The number of methoxy groups -OCH3 is 1. The maximum absolute atomic E-state index is 12.7. The number of hydrogen-bond donors (Lipinski definition) is 1. The van der Waals surface area contributed by atoms with Gasteiger partial charge in [0.15, 0.2) is 5.03 Å². The predicted molar refractivity (Wildman–Crippen MR) is 99.5 cm³/mol. The van der Waals surface area contributed by atoms with Crippen LogP contribution >= 0.6 is 0 Å². The standard InChI is InChI=1S/C18H24N4O4S/c1-21-12-17(20-13-21)27(24,25)22-8-4-6-15(11-22)18(23)19-10-14-5-3-7-16(9-14)26-2/h3,5,7,9,12-13,15H,4,6,8,10-11H2,1-2H3,(H,19,23)/t15-/m1/s1. The number of benzene rings is 1. The fourth-order valence-corrected chi connectivity index (χ4v) is 4.64. The molecule has 1 atom stereocenters. The van der Waals surface area contributed by atoms with E-state index in [9.17, 15) is 13.2 Å². The highest BCUT2D eigenvalue weighted by molar-refractivity contribution is 7.89. The number of nitrogens with one attached hydrogen (secondary N) is 1. The van der Waals surface area contributed by atoms with E-state index in [1.165, 1.54) is 16.8 Å². The molecule has 0 unspecified atom stereocenters. The Hall–Kier alpha value is -2.39. The van der Waals surface area contributed by atoms with Crippen LogP contribution in [0.1, 0.15) is 18.4 Å². The Morgan fingerprint density at radius 3 is 2.93 bits per heavy atom. The lowest BCUT2D eigenvalue weighted by molar-refractivity contribution is -0.126. The van der Waals surface area contributed by atoms with Gasteiger partial charge in [0.25, 0.3) is 10.0 Å². The number of hydrogen-bond acceptors (Lipinski definition) is 5. The number of carbonyl (C=O) groups is 1. The number of sulfonamides is 1. The number of aromatic nitrogens is 2. The molecule has 1 saturated heterocycles. The number of piperidine rings is 1. The number of amides is 1. The molecule has 146 valence electrons. The molecule has 9 heteroatoms. The first-order valence-electron chi connectivity index (χ1n) is 8.79. The largest absolute Gasteiger partial charge is 0.497 e. The van der Waals surface area contributed by atoms with E-state index in [0.717, 1.165) is 11.3 Å². The summed E-state index contributed by atoms with van der Waals surface area (Å²) in [5.74, 6) is 0.216. The van der Waals surface area contributed by atoms with Gasteiger partial charge in [0.2, 0.25) is 5.91 Å². The van der Waals surface area contributed by atoms with E-state index in [1.807, 2.05) is 24.3 Å². The molecule has 0 aliphatic carbocycles. The SMILES string of the molecule is COc1cccc(CNC(=O)[C@@H]2CCCN(S(=O)(=O)c3cn(C)cn3)C2)c1. The molecule has 8 nitrogen and oxygen atoms in total. The van der Waals surface area contributed by atoms with Gasteiger partial charge in [-0.2, -0.15) is 4.31 Å². The van der Waals surface area contributed by atoms with Gasteiger partial charge in [-0.3, -0.25) is 4.79 Å². The van der Waals surface area contributed by atoms with E-state index in [2.05, 4.69) is 10.3 Å². The van der Waals surface area contributed by atoms with Gasteiger partial charge >= 0.3 is 0 Å². The van der Waals surface area contributed by atoms with Crippen molar-refractivity contribution in [3.8, 4) is 5.75 Å². The Bertz CT molecular complexity index is 910. The van der Waals surface area contributed by atoms with Crippen LogP contribution in [0.2, 0.25) is 0 Å². The first kappa shape index (κ1) is 19.4. The van der Waals surface area contributed by atoms with E-state index in [0.29, 0.717) is 25.9 Å². The summed E-state index contributed by atoms with van der Waals surface area (Å²) < 4.78 is 33.6. The highest BCUT2D eigenvalue weighted by atomic mass is 32.2. The van der Waals surface area contributed by atoms with Gasteiger partial charge in [-0.1, -0.05) is 12.1 Å². The maximum atomic E-state index is 12.7. The van der Waals surface area contributed by atoms with Crippen LogP contribution < -0.4 is 10.1 Å². The first-order valence-corrected chi connectivity index (χ1v) is 10.2. The molecule has 1 aromatic heterocycles. The first-order chi connectivity index (χ1) is 12.9. The van der Waals surface area contributed by atoms with Crippen molar-refractivity contribution in [3.63, 3.8) is 0 Å². The summed E-state index contributed by atoms with van der Waals surface area (Å²) in [6, 6.07) is 7.47. The van der Waals surface area contributed by atoms with E-state index < -0.39 is 10.0 Å². The minimum Gasteiger partial charge on any atom is -0.497 e. The third-order valence-corrected chi connectivity index (χ3v) is 6.39. The van der Waals surface area contributed by atoms with Crippen molar-refractivity contribution in [1.29, 1.82) is 0 Å². The topological polar surface area (TPSA) is 93.5 Å². The highest BCUT2D eigenvalue weighted by Crippen LogP contribution is 2.23. The van der Waals surface area contributed by atoms with Crippen molar-refractivity contribution in [2.45, 2.75) is 24.4 Å². The van der Waals surface area contributed by atoms with Crippen LogP contribution in [0.25, 0.3) is 0 Å². The number of rotatable bonds is 6. The van der Waals surface area contributed by atoms with Crippen molar-refractivity contribution in [1.82, 2.24) is 19.2 Å². The van der Waals surface area contributed by atoms with Crippen molar-refractivity contribution < 1.29 is 17.9 Å². The molecule has 2 heterocycles. The number of ether oxygens (including phenoxy) is 1. The zero-order valence-electron chi connectivity index (χ0n) is 15.5. The molecule has 1 amide bonds. The zero-order chi connectivity index (χ0) is 19.4. The minimum absolute atomic E-state index is 0.0161. The Labute approximate surface area is 159 Å². The summed E-state index contributed by atoms with van der Waals surface area (Å²) in [5.41, 5.74) is 0.927. The van der Waals surface area contributed by atoms with E-state index in [-0.39, 0.29) is 23.4 Å². The Morgan fingerprint density at radius 2 is 2.22 bits per heavy atom. The average Bonchev–Trinajstić information content (AvgIpc) is 3.13. The normalized spacial score (nSPS) is 18.2. The molecule has 0 saturated carbocycles. The lowest BCUT2D eigenvalue weighted by Gasteiger charge is -2.30. The second-order valence-corrected chi connectivity index (χ2v) is 8.53. The van der Waals surface area contributed by atoms with E-state index >= 15 is 0 Å². The van der Waals surface area contributed by atoms with Crippen LogP contribution in [-0.2, 0) is 28.4 Å². The second-order valence-electron chi connectivity index (χ2n) is 6.65. The molecule has 1 N–H and O–H groups in total. The Kier molecular flexibility index (Phi) is 5.81. The number of nitrogens with zero attached hydrogens (tertiary/aromatic N) is 3. The lowest BCUT2D eigenvalue weighted by Crippen LogP contribution is -2.45. The third kappa shape index (κ3) is 4.48.